The second kappa shape index (κ2) is 9.74. The van der Waals surface area contributed by atoms with Gasteiger partial charge in [-0.3, -0.25) is 4.57 Å². The van der Waals surface area contributed by atoms with Crippen molar-refractivity contribution in [2.45, 2.75) is 19.3 Å². The van der Waals surface area contributed by atoms with Crippen LogP contribution in [-0.2, 0) is 5.41 Å². The van der Waals surface area contributed by atoms with Crippen molar-refractivity contribution in [3.8, 4) is 45.5 Å². The molecule has 0 bridgehead atoms. The highest BCUT2D eigenvalue weighted by atomic mass is 16.5. The molecule has 3 aromatic heterocycles. The smallest absolute Gasteiger partial charge is 0.235 e. The maximum Gasteiger partial charge on any atom is 0.235 e. The molecule has 0 amide bonds. The van der Waals surface area contributed by atoms with Crippen LogP contribution in [0.1, 0.15) is 25.0 Å². The van der Waals surface area contributed by atoms with Gasteiger partial charge in [0.15, 0.2) is 0 Å². The Labute approximate surface area is 299 Å². The number of benzene rings is 7. The fourth-order valence-corrected chi connectivity index (χ4v) is 9.11. The van der Waals surface area contributed by atoms with Gasteiger partial charge in [-0.25, -0.2) is 9.97 Å². The van der Waals surface area contributed by atoms with E-state index in [1.165, 1.54) is 60.5 Å². The van der Waals surface area contributed by atoms with Crippen LogP contribution >= 0.6 is 0 Å². The standard InChI is InChI=1S/C47H30N4O/c1-47(2)35-25-40-33(28-15-6-9-19-38(28)50(40)27-13-4-3-5-14-27)23-31(35)32-24-34-29-16-7-10-20-39(29)51(41(34)26-36(32)47)46-48-37-18-12-22-43-44(37)45(49-46)30-17-8-11-21-42(30)52-43/h3-26H,1-2H3. The lowest BCUT2D eigenvalue weighted by molar-refractivity contribution is 0.486. The average Bonchev–Trinajstić information content (AvgIpc) is 3.76. The number of para-hydroxylation sites is 4. The van der Waals surface area contributed by atoms with E-state index in [2.05, 4.69) is 138 Å². The SMILES string of the molecule is CC1(C)c2cc3c(cc2-c2cc4c5ccccc5n(-c5nc6c7c(cccc7n5)Oc5ccccc5-6)c4cc21)c1ccccc1n3-c1ccccc1. The minimum Gasteiger partial charge on any atom is -0.456 e. The second-order valence-corrected chi connectivity index (χ2v) is 14.6. The summed E-state index contributed by atoms with van der Waals surface area (Å²) >= 11 is 0. The number of hydrogen-bond donors (Lipinski definition) is 0. The van der Waals surface area contributed by atoms with Gasteiger partial charge >= 0.3 is 0 Å². The average molecular weight is 667 g/mol. The van der Waals surface area contributed by atoms with Crippen LogP contribution in [-0.4, -0.2) is 19.1 Å². The number of nitrogens with zero attached hydrogens (tertiary/aromatic N) is 4. The largest absolute Gasteiger partial charge is 0.456 e. The van der Waals surface area contributed by atoms with Gasteiger partial charge in [0.2, 0.25) is 5.95 Å². The molecule has 5 nitrogen and oxygen atoms in total. The van der Waals surface area contributed by atoms with Crippen LogP contribution in [0.15, 0.2) is 146 Å². The van der Waals surface area contributed by atoms with Crippen molar-refractivity contribution in [1.82, 2.24) is 19.1 Å². The maximum atomic E-state index is 6.31. The minimum atomic E-state index is -0.242. The predicted octanol–water partition coefficient (Wildman–Crippen LogP) is 11.9. The minimum absolute atomic E-state index is 0.242. The molecule has 1 aliphatic carbocycles. The number of rotatable bonds is 2. The van der Waals surface area contributed by atoms with Gasteiger partial charge in [-0.05, 0) is 95.1 Å². The molecule has 0 spiro atoms. The van der Waals surface area contributed by atoms with Gasteiger partial charge in [-0.1, -0.05) is 86.6 Å². The van der Waals surface area contributed by atoms with Gasteiger partial charge in [0.1, 0.15) is 11.5 Å². The van der Waals surface area contributed by atoms with Gasteiger partial charge in [0.05, 0.1) is 38.7 Å². The summed E-state index contributed by atoms with van der Waals surface area (Å²) in [4.78, 5) is 10.6. The highest BCUT2D eigenvalue weighted by Crippen LogP contribution is 2.53. The number of ether oxygens (including phenoxy) is 1. The van der Waals surface area contributed by atoms with E-state index in [4.69, 9.17) is 14.7 Å². The molecule has 0 saturated carbocycles. The molecule has 10 aromatic rings. The summed E-state index contributed by atoms with van der Waals surface area (Å²) in [6.07, 6.45) is 0. The molecule has 0 radical (unpaired) electrons. The topological polar surface area (TPSA) is 44.9 Å². The van der Waals surface area contributed by atoms with E-state index in [0.717, 1.165) is 44.7 Å². The monoisotopic (exact) mass is 666 g/mol. The highest BCUT2D eigenvalue weighted by molar-refractivity contribution is 6.14. The molecule has 4 heterocycles. The Morgan fingerprint density at radius 2 is 1.08 bits per heavy atom. The lowest BCUT2D eigenvalue weighted by Gasteiger charge is -2.22. The van der Waals surface area contributed by atoms with Gasteiger partial charge < -0.3 is 9.30 Å². The fraction of sp³-hybridized carbons (Fsp3) is 0.0638. The van der Waals surface area contributed by atoms with Crippen LogP contribution in [0.5, 0.6) is 11.5 Å². The van der Waals surface area contributed by atoms with Crippen molar-refractivity contribution in [2.24, 2.45) is 0 Å². The zero-order chi connectivity index (χ0) is 34.3. The van der Waals surface area contributed by atoms with Crippen LogP contribution in [0, 0.1) is 0 Å². The molecular formula is C47H30N4O. The van der Waals surface area contributed by atoms with Crippen LogP contribution < -0.4 is 4.74 Å². The normalized spacial score (nSPS) is 13.9. The van der Waals surface area contributed by atoms with Crippen molar-refractivity contribution in [3.63, 3.8) is 0 Å². The molecule has 7 aromatic carbocycles. The molecule has 12 rings (SSSR count). The number of aromatic nitrogens is 4. The first kappa shape index (κ1) is 28.0. The number of hydrogen-bond acceptors (Lipinski definition) is 3. The molecule has 0 fully saturated rings. The molecule has 2 aliphatic rings. The summed E-state index contributed by atoms with van der Waals surface area (Å²) < 4.78 is 11.0. The van der Waals surface area contributed by atoms with Crippen LogP contribution in [0.3, 0.4) is 0 Å². The van der Waals surface area contributed by atoms with E-state index in [1.54, 1.807) is 0 Å². The summed E-state index contributed by atoms with van der Waals surface area (Å²) in [5, 5.41) is 5.86. The third-order valence-electron chi connectivity index (χ3n) is 11.5. The Kier molecular flexibility index (Phi) is 5.25. The lowest BCUT2D eigenvalue weighted by Crippen LogP contribution is -2.15. The Balaban J connectivity index is 1.14. The summed E-state index contributed by atoms with van der Waals surface area (Å²) in [7, 11) is 0. The van der Waals surface area contributed by atoms with Crippen molar-refractivity contribution in [2.75, 3.05) is 0 Å². The molecule has 0 atom stereocenters. The van der Waals surface area contributed by atoms with E-state index < -0.39 is 0 Å². The molecule has 0 unspecified atom stereocenters. The number of fused-ring (bicyclic) bond motifs is 11. The Morgan fingerprint density at radius 1 is 0.481 bits per heavy atom. The zero-order valence-electron chi connectivity index (χ0n) is 28.6. The summed E-state index contributed by atoms with van der Waals surface area (Å²) in [5.41, 5.74) is 13.6. The van der Waals surface area contributed by atoms with E-state index in [1.807, 2.05) is 30.3 Å². The first-order chi connectivity index (χ1) is 25.5. The van der Waals surface area contributed by atoms with Gasteiger partial charge in [-0.15, -0.1) is 0 Å². The first-order valence-electron chi connectivity index (χ1n) is 17.8. The van der Waals surface area contributed by atoms with Crippen molar-refractivity contribution < 1.29 is 4.74 Å². The Hall–Kier alpha value is -6.72. The molecule has 1 aliphatic heterocycles. The highest BCUT2D eigenvalue weighted by Gasteiger charge is 2.38. The molecule has 0 saturated heterocycles. The van der Waals surface area contributed by atoms with E-state index in [9.17, 15) is 0 Å². The Bertz CT molecular complexity index is 3180. The quantitative estimate of drug-likeness (QED) is 0.184. The zero-order valence-corrected chi connectivity index (χ0v) is 28.6. The van der Waals surface area contributed by atoms with E-state index in [0.29, 0.717) is 5.95 Å². The summed E-state index contributed by atoms with van der Waals surface area (Å²) in [6.45, 7) is 4.74. The van der Waals surface area contributed by atoms with Crippen LogP contribution in [0.25, 0.3) is 88.5 Å². The van der Waals surface area contributed by atoms with Crippen molar-refractivity contribution in [3.05, 3.63) is 157 Å². The fourth-order valence-electron chi connectivity index (χ4n) is 9.11. The van der Waals surface area contributed by atoms with Gasteiger partial charge in [0, 0.05) is 38.2 Å². The molecular weight excluding hydrogens is 637 g/mol. The maximum absolute atomic E-state index is 6.31. The Morgan fingerprint density at radius 3 is 1.81 bits per heavy atom. The second-order valence-electron chi connectivity index (χ2n) is 14.6. The van der Waals surface area contributed by atoms with Crippen LogP contribution in [0.2, 0.25) is 0 Å². The molecule has 0 N–H and O–H groups in total. The predicted molar refractivity (Wildman–Crippen MR) is 211 cm³/mol. The third kappa shape index (κ3) is 3.52. The summed E-state index contributed by atoms with van der Waals surface area (Å²) in [6, 6.07) is 52.1. The lowest BCUT2D eigenvalue weighted by atomic mass is 9.82. The van der Waals surface area contributed by atoms with Gasteiger partial charge in [-0.2, -0.15) is 0 Å². The summed E-state index contributed by atoms with van der Waals surface area (Å²) in [5.74, 6) is 2.26. The van der Waals surface area contributed by atoms with E-state index in [-0.39, 0.29) is 5.41 Å². The van der Waals surface area contributed by atoms with Crippen LogP contribution in [0.4, 0.5) is 0 Å². The van der Waals surface area contributed by atoms with Crippen molar-refractivity contribution >= 4 is 54.5 Å². The van der Waals surface area contributed by atoms with E-state index >= 15 is 0 Å². The van der Waals surface area contributed by atoms with Crippen molar-refractivity contribution in [1.29, 1.82) is 0 Å². The third-order valence-corrected chi connectivity index (χ3v) is 11.5. The molecule has 52 heavy (non-hydrogen) atoms. The first-order valence-corrected chi connectivity index (χ1v) is 17.8. The molecule has 5 heteroatoms. The molecule has 244 valence electrons. The van der Waals surface area contributed by atoms with Gasteiger partial charge in [0.25, 0.3) is 0 Å².